The average Bonchev–Trinajstić information content (AvgIpc) is 2.82. The molecule has 0 aliphatic carbocycles. The third-order valence-corrected chi connectivity index (χ3v) is 3.96. The van der Waals surface area contributed by atoms with Crippen LogP contribution in [0.2, 0.25) is 0 Å². The molecule has 2 N–H and O–H groups in total. The Bertz CT molecular complexity index is 414. The molecule has 1 aromatic heterocycles. The Kier molecular flexibility index (Phi) is 5.85. The van der Waals surface area contributed by atoms with Crippen LogP contribution in [0.25, 0.3) is 0 Å². The fourth-order valence-corrected chi connectivity index (χ4v) is 2.52. The van der Waals surface area contributed by atoms with E-state index in [0.29, 0.717) is 11.3 Å². The van der Waals surface area contributed by atoms with Gasteiger partial charge >= 0.3 is 5.97 Å². The van der Waals surface area contributed by atoms with Gasteiger partial charge in [0.25, 0.3) is 5.91 Å². The number of aliphatic carboxylic acids is 1. The lowest BCUT2D eigenvalue weighted by atomic mass is 10.0. The summed E-state index contributed by atoms with van der Waals surface area (Å²) in [5.41, 5.74) is 0. The minimum atomic E-state index is -0.849. The van der Waals surface area contributed by atoms with Crippen molar-refractivity contribution in [2.45, 2.75) is 33.1 Å². The van der Waals surface area contributed by atoms with Crippen LogP contribution >= 0.6 is 11.3 Å². The summed E-state index contributed by atoms with van der Waals surface area (Å²) in [5, 5.41) is 11.7. The number of carboxylic acid groups (broad SMARTS) is 1. The molecule has 1 atom stereocenters. The van der Waals surface area contributed by atoms with Crippen LogP contribution in [0.1, 0.15) is 41.2 Å². The van der Waals surface area contributed by atoms with E-state index in [-0.39, 0.29) is 12.5 Å². The molecule has 0 spiro atoms. The van der Waals surface area contributed by atoms with Crippen molar-refractivity contribution in [3.8, 4) is 0 Å². The zero-order valence-corrected chi connectivity index (χ0v) is 11.5. The van der Waals surface area contributed by atoms with Crippen LogP contribution < -0.4 is 5.32 Å². The number of amides is 1. The first kappa shape index (κ1) is 14.7. The van der Waals surface area contributed by atoms with Crippen molar-refractivity contribution < 1.29 is 14.7 Å². The number of rotatable bonds is 7. The second kappa shape index (κ2) is 7.16. The number of thiophene rings is 1. The van der Waals surface area contributed by atoms with Gasteiger partial charge in [-0.2, -0.15) is 0 Å². The molecule has 100 valence electrons. The highest BCUT2D eigenvalue weighted by atomic mass is 32.1. The predicted octanol–water partition coefficient (Wildman–Crippen LogP) is 2.54. The van der Waals surface area contributed by atoms with Crippen LogP contribution in [0.3, 0.4) is 0 Å². The molecule has 0 bridgehead atoms. The topological polar surface area (TPSA) is 66.4 Å². The summed E-state index contributed by atoms with van der Waals surface area (Å²) in [6.07, 6.45) is 2.29. The van der Waals surface area contributed by atoms with Crippen molar-refractivity contribution >= 4 is 23.2 Å². The second-order valence-electron chi connectivity index (χ2n) is 4.15. The number of hydrogen-bond donors (Lipinski definition) is 2. The maximum Gasteiger partial charge on any atom is 0.308 e. The number of carboxylic acids is 1. The van der Waals surface area contributed by atoms with E-state index in [1.54, 1.807) is 6.07 Å². The van der Waals surface area contributed by atoms with Gasteiger partial charge in [-0.05, 0) is 25.0 Å². The van der Waals surface area contributed by atoms with Gasteiger partial charge in [-0.3, -0.25) is 9.59 Å². The third-order valence-electron chi connectivity index (χ3n) is 2.73. The van der Waals surface area contributed by atoms with E-state index in [0.717, 1.165) is 17.7 Å². The number of carbonyl (C=O) groups excluding carboxylic acids is 1. The average molecular weight is 269 g/mol. The summed E-state index contributed by atoms with van der Waals surface area (Å²) in [6, 6.07) is 3.72. The third kappa shape index (κ3) is 4.14. The first-order valence-electron chi connectivity index (χ1n) is 6.18. The Labute approximate surface area is 111 Å². The van der Waals surface area contributed by atoms with Crippen molar-refractivity contribution in [3.05, 3.63) is 21.9 Å². The lowest BCUT2D eigenvalue weighted by Gasteiger charge is -2.11. The van der Waals surface area contributed by atoms with E-state index in [4.69, 9.17) is 5.11 Å². The Morgan fingerprint density at radius 3 is 2.61 bits per heavy atom. The van der Waals surface area contributed by atoms with E-state index >= 15 is 0 Å². The van der Waals surface area contributed by atoms with Gasteiger partial charge < -0.3 is 10.4 Å². The van der Waals surface area contributed by atoms with Gasteiger partial charge in [-0.15, -0.1) is 11.3 Å². The highest BCUT2D eigenvalue weighted by Gasteiger charge is 2.18. The van der Waals surface area contributed by atoms with Gasteiger partial charge in [0, 0.05) is 11.4 Å². The van der Waals surface area contributed by atoms with Crippen LogP contribution in [0.5, 0.6) is 0 Å². The van der Waals surface area contributed by atoms with Gasteiger partial charge in [0.05, 0.1) is 10.8 Å². The quantitative estimate of drug-likeness (QED) is 0.799. The van der Waals surface area contributed by atoms with Gasteiger partial charge in [0.15, 0.2) is 0 Å². The highest BCUT2D eigenvalue weighted by molar-refractivity contribution is 7.14. The van der Waals surface area contributed by atoms with Gasteiger partial charge in [-0.25, -0.2) is 0 Å². The monoisotopic (exact) mass is 269 g/mol. The maximum absolute atomic E-state index is 11.8. The highest BCUT2D eigenvalue weighted by Crippen LogP contribution is 2.16. The molecule has 1 heterocycles. The summed E-state index contributed by atoms with van der Waals surface area (Å²) in [5.74, 6) is -1.52. The Morgan fingerprint density at radius 2 is 2.11 bits per heavy atom. The van der Waals surface area contributed by atoms with E-state index < -0.39 is 11.9 Å². The van der Waals surface area contributed by atoms with Crippen LogP contribution in [0.4, 0.5) is 0 Å². The molecule has 0 fully saturated rings. The summed E-state index contributed by atoms with van der Waals surface area (Å²) < 4.78 is 0. The lowest BCUT2D eigenvalue weighted by molar-refractivity contribution is -0.141. The van der Waals surface area contributed by atoms with Gasteiger partial charge in [0.2, 0.25) is 0 Å². The van der Waals surface area contributed by atoms with E-state index in [2.05, 4.69) is 5.32 Å². The van der Waals surface area contributed by atoms with Crippen LogP contribution in [-0.4, -0.2) is 23.5 Å². The summed E-state index contributed by atoms with van der Waals surface area (Å²) >= 11 is 1.45. The second-order valence-corrected chi connectivity index (χ2v) is 5.32. The fourth-order valence-electron chi connectivity index (χ4n) is 1.65. The SMILES string of the molecule is CCCC(CNC(=O)c1ccc(CC)s1)C(=O)O. The molecule has 1 rings (SSSR count). The molecule has 0 aromatic carbocycles. The van der Waals surface area contributed by atoms with Crippen molar-refractivity contribution in [2.24, 2.45) is 5.92 Å². The zero-order valence-electron chi connectivity index (χ0n) is 10.7. The molecule has 1 amide bonds. The Balaban J connectivity index is 2.51. The van der Waals surface area contributed by atoms with Crippen LogP contribution in [0.15, 0.2) is 12.1 Å². The summed E-state index contributed by atoms with van der Waals surface area (Å²) in [7, 11) is 0. The largest absolute Gasteiger partial charge is 0.481 e. The van der Waals surface area contributed by atoms with E-state index in [9.17, 15) is 9.59 Å². The lowest BCUT2D eigenvalue weighted by Crippen LogP contribution is -2.32. The number of hydrogen-bond acceptors (Lipinski definition) is 3. The molecule has 1 unspecified atom stereocenters. The normalized spacial score (nSPS) is 12.1. The van der Waals surface area contributed by atoms with Crippen LogP contribution in [-0.2, 0) is 11.2 Å². The molecule has 1 aromatic rings. The standard InChI is InChI=1S/C13H19NO3S/c1-3-5-9(13(16)17)8-14-12(15)11-7-6-10(4-2)18-11/h6-7,9H,3-5,8H2,1-2H3,(H,14,15)(H,16,17). The fraction of sp³-hybridized carbons (Fsp3) is 0.538. The maximum atomic E-state index is 11.8. The number of nitrogens with one attached hydrogen (secondary N) is 1. The smallest absolute Gasteiger partial charge is 0.308 e. The molecule has 0 aliphatic rings. The number of carbonyl (C=O) groups is 2. The van der Waals surface area contributed by atoms with Gasteiger partial charge in [-0.1, -0.05) is 20.3 Å². The molecule has 4 nitrogen and oxygen atoms in total. The first-order valence-corrected chi connectivity index (χ1v) is 6.99. The van der Waals surface area contributed by atoms with Crippen molar-refractivity contribution in [1.82, 2.24) is 5.32 Å². The Morgan fingerprint density at radius 1 is 1.39 bits per heavy atom. The summed E-state index contributed by atoms with van der Waals surface area (Å²) in [4.78, 5) is 24.6. The van der Waals surface area contributed by atoms with Crippen LogP contribution in [0, 0.1) is 5.92 Å². The molecule has 18 heavy (non-hydrogen) atoms. The van der Waals surface area contributed by atoms with Crippen molar-refractivity contribution in [1.29, 1.82) is 0 Å². The molecule has 0 radical (unpaired) electrons. The molecular weight excluding hydrogens is 250 g/mol. The number of aryl methyl sites for hydroxylation is 1. The van der Waals surface area contributed by atoms with Gasteiger partial charge in [0.1, 0.15) is 0 Å². The predicted molar refractivity (Wildman–Crippen MR) is 72.1 cm³/mol. The van der Waals surface area contributed by atoms with Crippen molar-refractivity contribution in [3.63, 3.8) is 0 Å². The molecular formula is C13H19NO3S. The molecule has 5 heteroatoms. The molecule has 0 saturated carbocycles. The minimum absolute atomic E-state index is 0.179. The first-order chi connectivity index (χ1) is 8.58. The van der Waals surface area contributed by atoms with E-state index in [1.165, 1.54) is 11.3 Å². The molecule has 0 aliphatic heterocycles. The van der Waals surface area contributed by atoms with E-state index in [1.807, 2.05) is 19.9 Å². The Hall–Kier alpha value is -1.36. The summed E-state index contributed by atoms with van der Waals surface area (Å²) in [6.45, 7) is 4.17. The van der Waals surface area contributed by atoms with Crippen molar-refractivity contribution in [2.75, 3.05) is 6.54 Å². The molecule has 0 saturated heterocycles. The zero-order chi connectivity index (χ0) is 13.5. The minimum Gasteiger partial charge on any atom is -0.481 e.